The number of piperidine rings is 1. The standard InChI is InChI=1S/C25H29FN2O2/c1-16-14-22(28(15-16)21-7-5-4-6-17(21)2)19-10-12-27(13-11-19)25(30)24-18(3)23(29)9-8-20(24)26/h4-9,14-15,18-19,24,29H,10-13H2,1-3H3. The van der Waals surface area contributed by atoms with Gasteiger partial charge in [0.05, 0.1) is 11.7 Å². The quantitative estimate of drug-likeness (QED) is 0.743. The summed E-state index contributed by atoms with van der Waals surface area (Å²) < 4.78 is 16.6. The van der Waals surface area contributed by atoms with E-state index < -0.39 is 17.7 Å². The second-order valence-electron chi connectivity index (χ2n) is 8.61. The molecule has 2 unspecified atom stereocenters. The van der Waals surface area contributed by atoms with Crippen molar-refractivity contribution in [1.29, 1.82) is 0 Å². The first-order chi connectivity index (χ1) is 14.4. The third-order valence-corrected chi connectivity index (χ3v) is 6.53. The molecule has 2 atom stereocenters. The minimum atomic E-state index is -0.912. The van der Waals surface area contributed by atoms with Gasteiger partial charge in [-0.25, -0.2) is 4.39 Å². The molecule has 0 saturated carbocycles. The number of carbonyl (C=O) groups excluding carboxylic acids is 1. The van der Waals surface area contributed by atoms with E-state index >= 15 is 0 Å². The predicted molar refractivity (Wildman–Crippen MR) is 116 cm³/mol. The fraction of sp³-hybridized carbons (Fsp3) is 0.400. The van der Waals surface area contributed by atoms with Gasteiger partial charge in [-0.3, -0.25) is 4.79 Å². The molecular weight excluding hydrogens is 379 g/mol. The Balaban J connectivity index is 1.50. The zero-order valence-electron chi connectivity index (χ0n) is 17.8. The van der Waals surface area contributed by atoms with E-state index in [9.17, 15) is 14.3 Å². The van der Waals surface area contributed by atoms with E-state index in [1.807, 2.05) is 6.07 Å². The summed E-state index contributed by atoms with van der Waals surface area (Å²) in [6, 6.07) is 10.6. The highest BCUT2D eigenvalue weighted by Gasteiger charge is 2.38. The van der Waals surface area contributed by atoms with Crippen molar-refractivity contribution in [2.24, 2.45) is 11.8 Å². The summed E-state index contributed by atoms with van der Waals surface area (Å²) in [6.45, 7) is 7.13. The van der Waals surface area contributed by atoms with Crippen LogP contribution in [0.25, 0.3) is 5.69 Å². The second-order valence-corrected chi connectivity index (χ2v) is 8.61. The van der Waals surface area contributed by atoms with Crippen LogP contribution in [0.15, 0.2) is 60.3 Å². The summed E-state index contributed by atoms with van der Waals surface area (Å²) in [5.41, 5.74) is 4.90. The number of aliphatic hydroxyl groups is 1. The number of hydrogen-bond acceptors (Lipinski definition) is 2. The number of hydrogen-bond donors (Lipinski definition) is 1. The zero-order valence-corrected chi connectivity index (χ0v) is 17.8. The molecule has 0 bridgehead atoms. The number of amides is 1. The van der Waals surface area contributed by atoms with Crippen LogP contribution in [-0.2, 0) is 4.79 Å². The molecule has 0 spiro atoms. The molecule has 4 rings (SSSR count). The van der Waals surface area contributed by atoms with E-state index in [4.69, 9.17) is 0 Å². The van der Waals surface area contributed by atoms with Gasteiger partial charge in [-0.2, -0.15) is 0 Å². The minimum Gasteiger partial charge on any atom is -0.512 e. The molecule has 1 saturated heterocycles. The minimum absolute atomic E-state index is 0.0659. The number of aryl methyl sites for hydroxylation is 2. The van der Waals surface area contributed by atoms with Gasteiger partial charge in [0.15, 0.2) is 0 Å². The molecule has 4 nitrogen and oxygen atoms in total. The number of aliphatic hydroxyl groups excluding tert-OH is 1. The van der Waals surface area contributed by atoms with Gasteiger partial charge in [-0.1, -0.05) is 25.1 Å². The van der Waals surface area contributed by atoms with Gasteiger partial charge >= 0.3 is 0 Å². The number of likely N-dealkylation sites (tertiary alicyclic amines) is 1. The van der Waals surface area contributed by atoms with Crippen molar-refractivity contribution in [3.63, 3.8) is 0 Å². The van der Waals surface area contributed by atoms with Gasteiger partial charge in [-0.05, 0) is 62.1 Å². The Hall–Kier alpha value is -2.82. The van der Waals surface area contributed by atoms with E-state index in [0.29, 0.717) is 19.0 Å². The number of allylic oxidation sites excluding steroid dienone is 3. The Morgan fingerprint density at radius 1 is 1.13 bits per heavy atom. The van der Waals surface area contributed by atoms with Crippen molar-refractivity contribution >= 4 is 5.91 Å². The molecule has 158 valence electrons. The van der Waals surface area contributed by atoms with E-state index in [0.717, 1.165) is 12.8 Å². The lowest BCUT2D eigenvalue weighted by atomic mass is 9.85. The molecule has 1 amide bonds. The first-order valence-corrected chi connectivity index (χ1v) is 10.7. The summed E-state index contributed by atoms with van der Waals surface area (Å²) in [7, 11) is 0. The fourth-order valence-electron chi connectivity index (χ4n) is 4.73. The van der Waals surface area contributed by atoms with Crippen LogP contribution in [-0.4, -0.2) is 33.6 Å². The van der Waals surface area contributed by atoms with Crippen LogP contribution in [0.1, 0.15) is 42.5 Å². The molecule has 2 heterocycles. The molecule has 1 aromatic carbocycles. The second kappa shape index (κ2) is 8.13. The van der Waals surface area contributed by atoms with E-state index in [1.165, 1.54) is 34.7 Å². The molecule has 1 N–H and O–H groups in total. The number of benzene rings is 1. The smallest absolute Gasteiger partial charge is 0.233 e. The number of para-hydroxylation sites is 1. The van der Waals surface area contributed by atoms with E-state index in [-0.39, 0.29) is 11.7 Å². The molecule has 2 aromatic rings. The lowest BCUT2D eigenvalue weighted by molar-refractivity contribution is -0.137. The molecule has 1 fully saturated rings. The van der Waals surface area contributed by atoms with Gasteiger partial charge in [0, 0.05) is 42.5 Å². The summed E-state index contributed by atoms with van der Waals surface area (Å²) in [5.74, 6) is -1.71. The Labute approximate surface area is 177 Å². The largest absolute Gasteiger partial charge is 0.512 e. The lowest BCUT2D eigenvalue weighted by Crippen LogP contribution is -2.44. The van der Waals surface area contributed by atoms with Crippen LogP contribution in [0, 0.1) is 25.7 Å². The van der Waals surface area contributed by atoms with Crippen LogP contribution in [0.4, 0.5) is 4.39 Å². The highest BCUT2D eigenvalue weighted by atomic mass is 19.1. The molecule has 1 aliphatic heterocycles. The number of nitrogens with zero attached hydrogens (tertiary/aromatic N) is 2. The van der Waals surface area contributed by atoms with Crippen LogP contribution < -0.4 is 0 Å². The number of halogens is 1. The highest BCUT2D eigenvalue weighted by Crippen LogP contribution is 2.36. The zero-order chi connectivity index (χ0) is 21.4. The van der Waals surface area contributed by atoms with Gasteiger partial charge in [0.1, 0.15) is 5.83 Å². The molecule has 30 heavy (non-hydrogen) atoms. The predicted octanol–water partition coefficient (Wildman–Crippen LogP) is 5.36. The van der Waals surface area contributed by atoms with Crippen molar-refractivity contribution in [2.75, 3.05) is 13.1 Å². The summed E-state index contributed by atoms with van der Waals surface area (Å²) >= 11 is 0. The Morgan fingerprint density at radius 2 is 1.83 bits per heavy atom. The van der Waals surface area contributed by atoms with Crippen molar-refractivity contribution in [2.45, 2.75) is 39.5 Å². The first kappa shape index (κ1) is 20.5. The summed E-state index contributed by atoms with van der Waals surface area (Å²) in [6.07, 6.45) is 6.42. The van der Waals surface area contributed by atoms with Crippen molar-refractivity contribution in [1.82, 2.24) is 9.47 Å². The third-order valence-electron chi connectivity index (χ3n) is 6.53. The monoisotopic (exact) mass is 408 g/mol. The maximum Gasteiger partial charge on any atom is 0.233 e. The van der Waals surface area contributed by atoms with Crippen molar-refractivity contribution in [3.05, 3.63) is 77.1 Å². The topological polar surface area (TPSA) is 45.5 Å². The SMILES string of the molecule is Cc1cc(C2CCN(C(=O)C3C(F)=CC=C(O)C3C)CC2)n(-c2ccccc2C)c1. The Kier molecular flexibility index (Phi) is 5.54. The van der Waals surface area contributed by atoms with Crippen LogP contribution in [0.5, 0.6) is 0 Å². The van der Waals surface area contributed by atoms with Gasteiger partial charge in [0.2, 0.25) is 5.91 Å². The number of rotatable bonds is 3. The maximum absolute atomic E-state index is 14.4. The van der Waals surface area contributed by atoms with Crippen LogP contribution in [0.3, 0.4) is 0 Å². The van der Waals surface area contributed by atoms with Crippen LogP contribution in [0.2, 0.25) is 0 Å². The van der Waals surface area contributed by atoms with Gasteiger partial charge < -0.3 is 14.6 Å². The maximum atomic E-state index is 14.4. The number of aromatic nitrogens is 1. The van der Waals surface area contributed by atoms with E-state index in [2.05, 4.69) is 48.9 Å². The lowest BCUT2D eigenvalue weighted by Gasteiger charge is -2.36. The molecule has 1 aliphatic carbocycles. The Bertz CT molecular complexity index is 1010. The van der Waals surface area contributed by atoms with E-state index in [1.54, 1.807) is 11.8 Å². The van der Waals surface area contributed by atoms with Gasteiger partial charge in [-0.15, -0.1) is 0 Å². The average Bonchev–Trinajstić information content (AvgIpc) is 3.13. The molecular formula is C25H29FN2O2. The van der Waals surface area contributed by atoms with Crippen molar-refractivity contribution in [3.8, 4) is 5.69 Å². The first-order valence-electron chi connectivity index (χ1n) is 10.7. The molecule has 5 heteroatoms. The summed E-state index contributed by atoms with van der Waals surface area (Å²) in [5, 5.41) is 9.94. The average molecular weight is 409 g/mol. The highest BCUT2D eigenvalue weighted by molar-refractivity contribution is 5.82. The Morgan fingerprint density at radius 3 is 2.53 bits per heavy atom. The summed E-state index contributed by atoms with van der Waals surface area (Å²) in [4.78, 5) is 14.8. The molecule has 1 aromatic heterocycles. The van der Waals surface area contributed by atoms with Crippen molar-refractivity contribution < 1.29 is 14.3 Å². The van der Waals surface area contributed by atoms with Gasteiger partial charge in [0.25, 0.3) is 0 Å². The molecule has 2 aliphatic rings. The normalized spacial score (nSPS) is 22.6. The third kappa shape index (κ3) is 3.69. The molecule has 0 radical (unpaired) electrons. The van der Waals surface area contributed by atoms with Crippen LogP contribution >= 0.6 is 0 Å². The fourth-order valence-corrected chi connectivity index (χ4v) is 4.73. The number of carbonyl (C=O) groups is 1.